The summed E-state index contributed by atoms with van der Waals surface area (Å²) in [6.45, 7) is 0.855. The first-order valence-electron chi connectivity index (χ1n) is 8.53. The van der Waals surface area contributed by atoms with Gasteiger partial charge in [0.2, 0.25) is 11.8 Å². The van der Waals surface area contributed by atoms with E-state index in [-0.39, 0.29) is 23.3 Å². The standard InChI is InChI=1S/C21H22N2O4/c24-18-10-8-17(19(25)15-18)9-12-21(27)23-14-4-13-22-20(26)11-7-16-5-2-1-3-6-16/h1-3,5-12,15,24-25H,4,13-14H2,(H,22,26)(H,23,27)/b11-7?,12-9+. The van der Waals surface area contributed by atoms with E-state index < -0.39 is 0 Å². The van der Waals surface area contributed by atoms with Crippen molar-refractivity contribution in [2.75, 3.05) is 13.1 Å². The Hall–Kier alpha value is -3.54. The Balaban J connectivity index is 1.63. The third kappa shape index (κ3) is 7.48. The van der Waals surface area contributed by atoms with Gasteiger partial charge in [0.15, 0.2) is 0 Å². The molecular formula is C21H22N2O4. The number of phenols is 2. The van der Waals surface area contributed by atoms with Gasteiger partial charge in [-0.3, -0.25) is 9.59 Å². The fourth-order valence-corrected chi connectivity index (χ4v) is 2.20. The van der Waals surface area contributed by atoms with Crippen molar-refractivity contribution in [3.05, 3.63) is 71.8 Å². The quantitative estimate of drug-likeness (QED) is 0.426. The Bertz CT molecular complexity index is 829. The largest absolute Gasteiger partial charge is 0.508 e. The molecule has 0 radical (unpaired) electrons. The predicted molar refractivity (Wildman–Crippen MR) is 105 cm³/mol. The molecule has 0 aliphatic rings. The molecule has 0 spiro atoms. The molecule has 6 heteroatoms. The first kappa shape index (κ1) is 19.8. The fourth-order valence-electron chi connectivity index (χ4n) is 2.20. The van der Waals surface area contributed by atoms with E-state index in [0.717, 1.165) is 5.56 Å². The number of amides is 2. The Labute approximate surface area is 157 Å². The van der Waals surface area contributed by atoms with E-state index >= 15 is 0 Å². The van der Waals surface area contributed by atoms with Crippen molar-refractivity contribution in [1.29, 1.82) is 0 Å². The van der Waals surface area contributed by atoms with E-state index in [4.69, 9.17) is 0 Å². The molecule has 0 aliphatic heterocycles. The highest BCUT2D eigenvalue weighted by atomic mass is 16.3. The third-order valence-electron chi connectivity index (χ3n) is 3.61. The second-order valence-corrected chi connectivity index (χ2v) is 5.76. The maximum atomic E-state index is 11.7. The summed E-state index contributed by atoms with van der Waals surface area (Å²) in [7, 11) is 0. The van der Waals surface area contributed by atoms with Gasteiger partial charge < -0.3 is 20.8 Å². The molecule has 2 aromatic rings. The zero-order valence-corrected chi connectivity index (χ0v) is 14.8. The molecule has 0 heterocycles. The van der Waals surface area contributed by atoms with Gasteiger partial charge in [-0.2, -0.15) is 0 Å². The molecule has 0 unspecified atom stereocenters. The first-order valence-corrected chi connectivity index (χ1v) is 8.53. The van der Waals surface area contributed by atoms with Gasteiger partial charge >= 0.3 is 0 Å². The van der Waals surface area contributed by atoms with Crippen molar-refractivity contribution in [1.82, 2.24) is 10.6 Å². The molecule has 0 aliphatic carbocycles. The lowest BCUT2D eigenvalue weighted by Crippen LogP contribution is -2.28. The minimum absolute atomic E-state index is 0.0465. The summed E-state index contributed by atoms with van der Waals surface area (Å²) in [6.07, 6.45) is 6.56. The Morgan fingerprint density at radius 3 is 2.11 bits per heavy atom. The van der Waals surface area contributed by atoms with E-state index in [1.54, 1.807) is 6.08 Å². The van der Waals surface area contributed by atoms with Crippen LogP contribution in [0.2, 0.25) is 0 Å². The van der Waals surface area contributed by atoms with E-state index in [0.29, 0.717) is 25.1 Å². The van der Waals surface area contributed by atoms with E-state index in [9.17, 15) is 19.8 Å². The third-order valence-corrected chi connectivity index (χ3v) is 3.61. The summed E-state index contributed by atoms with van der Waals surface area (Å²) in [4.78, 5) is 23.4. The Kier molecular flexibility index (Phi) is 7.66. The molecule has 0 saturated heterocycles. The highest BCUT2D eigenvalue weighted by molar-refractivity contribution is 5.92. The van der Waals surface area contributed by atoms with Crippen molar-refractivity contribution in [2.45, 2.75) is 6.42 Å². The molecule has 6 nitrogen and oxygen atoms in total. The molecule has 2 rings (SSSR count). The topological polar surface area (TPSA) is 98.7 Å². The second-order valence-electron chi connectivity index (χ2n) is 5.76. The Morgan fingerprint density at radius 2 is 1.48 bits per heavy atom. The second kappa shape index (κ2) is 10.5. The molecule has 0 aromatic heterocycles. The zero-order chi connectivity index (χ0) is 19.5. The van der Waals surface area contributed by atoms with Crippen molar-refractivity contribution < 1.29 is 19.8 Å². The maximum absolute atomic E-state index is 11.7. The number of rotatable bonds is 8. The van der Waals surface area contributed by atoms with Gasteiger partial charge in [0, 0.05) is 36.9 Å². The molecule has 27 heavy (non-hydrogen) atoms. The number of phenolic OH excluding ortho intramolecular Hbond substituents is 2. The van der Waals surface area contributed by atoms with Crippen LogP contribution in [0.15, 0.2) is 60.7 Å². The van der Waals surface area contributed by atoms with Crippen LogP contribution in [-0.2, 0) is 9.59 Å². The molecule has 140 valence electrons. The summed E-state index contributed by atoms with van der Waals surface area (Å²) in [5.74, 6) is -0.647. The SMILES string of the molecule is O=C(C=Cc1ccccc1)NCCCNC(=O)/C=C/c1ccc(O)cc1O. The lowest BCUT2D eigenvalue weighted by atomic mass is 10.2. The van der Waals surface area contributed by atoms with Crippen molar-refractivity contribution in [2.24, 2.45) is 0 Å². The minimum Gasteiger partial charge on any atom is -0.508 e. The number of hydrogen-bond acceptors (Lipinski definition) is 4. The fraction of sp³-hybridized carbons (Fsp3) is 0.143. The van der Waals surface area contributed by atoms with Crippen LogP contribution in [0.3, 0.4) is 0 Å². The number of carbonyl (C=O) groups is 2. The molecular weight excluding hydrogens is 344 g/mol. The number of nitrogens with one attached hydrogen (secondary N) is 2. The van der Waals surface area contributed by atoms with Crippen LogP contribution < -0.4 is 10.6 Å². The molecule has 2 aromatic carbocycles. The van der Waals surface area contributed by atoms with Crippen LogP contribution in [-0.4, -0.2) is 35.1 Å². The summed E-state index contributed by atoms with van der Waals surface area (Å²) < 4.78 is 0. The lowest BCUT2D eigenvalue weighted by Gasteiger charge is -2.04. The zero-order valence-electron chi connectivity index (χ0n) is 14.8. The van der Waals surface area contributed by atoms with Gasteiger partial charge in [-0.1, -0.05) is 30.3 Å². The van der Waals surface area contributed by atoms with Crippen molar-refractivity contribution in [3.8, 4) is 11.5 Å². The van der Waals surface area contributed by atoms with Gasteiger partial charge in [-0.15, -0.1) is 0 Å². The van der Waals surface area contributed by atoms with Crippen LogP contribution >= 0.6 is 0 Å². The normalized spacial score (nSPS) is 11.0. The molecule has 4 N–H and O–H groups in total. The van der Waals surface area contributed by atoms with Gasteiger partial charge in [-0.05, 0) is 36.3 Å². The molecule has 0 saturated carbocycles. The Morgan fingerprint density at radius 1 is 0.852 bits per heavy atom. The first-order chi connectivity index (χ1) is 13.0. The number of aromatic hydroxyl groups is 2. The number of hydrogen-bond donors (Lipinski definition) is 4. The van der Waals surface area contributed by atoms with E-state index in [2.05, 4.69) is 10.6 Å². The van der Waals surface area contributed by atoms with Crippen LogP contribution in [0, 0.1) is 0 Å². The number of carbonyl (C=O) groups excluding carboxylic acids is 2. The smallest absolute Gasteiger partial charge is 0.244 e. The molecule has 0 bridgehead atoms. The van der Waals surface area contributed by atoms with Crippen molar-refractivity contribution >= 4 is 24.0 Å². The van der Waals surface area contributed by atoms with Gasteiger partial charge in [0.05, 0.1) is 0 Å². The summed E-state index contributed by atoms with van der Waals surface area (Å²) in [5.41, 5.74) is 1.38. The lowest BCUT2D eigenvalue weighted by molar-refractivity contribution is -0.116. The van der Waals surface area contributed by atoms with Gasteiger partial charge in [0.25, 0.3) is 0 Å². The predicted octanol–water partition coefficient (Wildman–Crippen LogP) is 2.45. The van der Waals surface area contributed by atoms with Crippen LogP contribution in [0.4, 0.5) is 0 Å². The van der Waals surface area contributed by atoms with Gasteiger partial charge in [-0.25, -0.2) is 0 Å². The molecule has 0 fully saturated rings. The highest BCUT2D eigenvalue weighted by Gasteiger charge is 2.00. The minimum atomic E-state index is -0.308. The monoisotopic (exact) mass is 366 g/mol. The molecule has 2 amide bonds. The van der Waals surface area contributed by atoms with Crippen molar-refractivity contribution in [3.63, 3.8) is 0 Å². The summed E-state index contributed by atoms with van der Waals surface area (Å²) in [6, 6.07) is 13.7. The average Bonchev–Trinajstić information content (AvgIpc) is 2.66. The van der Waals surface area contributed by atoms with E-state index in [1.165, 1.54) is 36.4 Å². The average molecular weight is 366 g/mol. The maximum Gasteiger partial charge on any atom is 0.244 e. The number of benzene rings is 2. The van der Waals surface area contributed by atoms with Gasteiger partial charge in [0.1, 0.15) is 11.5 Å². The summed E-state index contributed by atoms with van der Waals surface area (Å²) in [5, 5.41) is 24.3. The van der Waals surface area contributed by atoms with Crippen LogP contribution in [0.5, 0.6) is 11.5 Å². The summed E-state index contributed by atoms with van der Waals surface area (Å²) >= 11 is 0. The highest BCUT2D eigenvalue weighted by Crippen LogP contribution is 2.23. The van der Waals surface area contributed by atoms with E-state index in [1.807, 2.05) is 30.3 Å². The van der Waals surface area contributed by atoms with Crippen LogP contribution in [0.25, 0.3) is 12.2 Å². The van der Waals surface area contributed by atoms with Crippen LogP contribution in [0.1, 0.15) is 17.5 Å². The molecule has 0 atom stereocenters.